The van der Waals surface area contributed by atoms with Crippen molar-refractivity contribution in [1.29, 1.82) is 0 Å². The SMILES string of the molecule is CCCCCCCCCCC=C(N(CC)CC)N(CC)CC. The summed E-state index contributed by atoms with van der Waals surface area (Å²) in [5, 5.41) is 0. The van der Waals surface area contributed by atoms with E-state index in [1.165, 1.54) is 63.6 Å². The van der Waals surface area contributed by atoms with E-state index in [1.807, 2.05) is 0 Å². The minimum atomic E-state index is 1.11. The molecule has 0 heterocycles. The molecular formula is C20H42N2. The van der Waals surface area contributed by atoms with Crippen LogP contribution in [0, 0.1) is 0 Å². The molecule has 132 valence electrons. The third-order valence-electron chi connectivity index (χ3n) is 4.56. The van der Waals surface area contributed by atoms with E-state index in [0.717, 1.165) is 26.2 Å². The number of rotatable bonds is 15. The molecule has 0 aromatic carbocycles. The summed E-state index contributed by atoms with van der Waals surface area (Å²) in [6.45, 7) is 15.8. The Balaban J connectivity index is 4.09. The zero-order valence-corrected chi connectivity index (χ0v) is 16.2. The lowest BCUT2D eigenvalue weighted by Gasteiger charge is -2.34. The van der Waals surface area contributed by atoms with Crippen LogP contribution in [0.2, 0.25) is 0 Å². The van der Waals surface area contributed by atoms with E-state index in [1.54, 1.807) is 0 Å². The summed E-state index contributed by atoms with van der Waals surface area (Å²) < 4.78 is 0. The van der Waals surface area contributed by atoms with Gasteiger partial charge in [-0.1, -0.05) is 51.9 Å². The maximum absolute atomic E-state index is 2.50. The van der Waals surface area contributed by atoms with Gasteiger partial charge in [-0.25, -0.2) is 0 Å². The summed E-state index contributed by atoms with van der Waals surface area (Å²) in [7, 11) is 0. The Morgan fingerprint density at radius 3 is 1.41 bits per heavy atom. The third-order valence-corrected chi connectivity index (χ3v) is 4.56. The first-order valence-electron chi connectivity index (χ1n) is 9.94. The molecule has 0 aliphatic rings. The van der Waals surface area contributed by atoms with Crippen LogP contribution in [0.3, 0.4) is 0 Å². The van der Waals surface area contributed by atoms with E-state index in [2.05, 4.69) is 50.5 Å². The molecule has 0 N–H and O–H groups in total. The summed E-state index contributed by atoms with van der Waals surface area (Å²) in [5.41, 5.74) is 0. The monoisotopic (exact) mass is 310 g/mol. The van der Waals surface area contributed by atoms with Gasteiger partial charge in [0, 0.05) is 26.2 Å². The van der Waals surface area contributed by atoms with Crippen molar-refractivity contribution in [3.8, 4) is 0 Å². The van der Waals surface area contributed by atoms with Gasteiger partial charge in [-0.3, -0.25) is 0 Å². The highest BCUT2D eigenvalue weighted by Crippen LogP contribution is 2.14. The van der Waals surface area contributed by atoms with Gasteiger partial charge in [0.25, 0.3) is 0 Å². The predicted molar refractivity (Wildman–Crippen MR) is 101 cm³/mol. The second-order valence-corrected chi connectivity index (χ2v) is 6.17. The average Bonchev–Trinajstić information content (AvgIpc) is 2.54. The highest BCUT2D eigenvalue weighted by Gasteiger charge is 2.10. The quantitative estimate of drug-likeness (QED) is 0.340. The second kappa shape index (κ2) is 15.2. The Kier molecular flexibility index (Phi) is 14.8. The Hall–Kier alpha value is -0.660. The number of nitrogens with zero attached hydrogens (tertiary/aromatic N) is 2. The van der Waals surface area contributed by atoms with E-state index in [9.17, 15) is 0 Å². The lowest BCUT2D eigenvalue weighted by molar-refractivity contribution is 0.233. The number of hydrogen-bond donors (Lipinski definition) is 0. The molecule has 0 saturated carbocycles. The van der Waals surface area contributed by atoms with Crippen molar-refractivity contribution in [1.82, 2.24) is 9.80 Å². The first kappa shape index (κ1) is 21.3. The minimum Gasteiger partial charge on any atom is -0.359 e. The zero-order valence-electron chi connectivity index (χ0n) is 16.2. The van der Waals surface area contributed by atoms with Gasteiger partial charge in [0.05, 0.1) is 5.82 Å². The zero-order chi connectivity index (χ0) is 16.6. The van der Waals surface area contributed by atoms with Gasteiger partial charge in [-0.15, -0.1) is 0 Å². The Morgan fingerprint density at radius 1 is 0.591 bits per heavy atom. The highest BCUT2D eigenvalue weighted by atomic mass is 15.3. The molecule has 0 aliphatic heterocycles. The van der Waals surface area contributed by atoms with Crippen molar-refractivity contribution in [2.75, 3.05) is 26.2 Å². The first-order valence-corrected chi connectivity index (χ1v) is 9.94. The molecule has 0 atom stereocenters. The van der Waals surface area contributed by atoms with Crippen LogP contribution in [-0.2, 0) is 0 Å². The summed E-state index contributed by atoms with van der Waals surface area (Å²) in [6.07, 6.45) is 15.0. The number of allylic oxidation sites excluding steroid dienone is 1. The average molecular weight is 311 g/mol. The maximum atomic E-state index is 2.50. The van der Waals surface area contributed by atoms with Crippen LogP contribution in [-0.4, -0.2) is 36.0 Å². The van der Waals surface area contributed by atoms with Crippen molar-refractivity contribution in [3.05, 3.63) is 11.9 Å². The van der Waals surface area contributed by atoms with Crippen LogP contribution in [0.5, 0.6) is 0 Å². The Morgan fingerprint density at radius 2 is 1.00 bits per heavy atom. The topological polar surface area (TPSA) is 6.48 Å². The minimum absolute atomic E-state index is 1.11. The van der Waals surface area contributed by atoms with Crippen LogP contribution in [0.1, 0.15) is 92.4 Å². The number of hydrogen-bond acceptors (Lipinski definition) is 2. The lowest BCUT2D eigenvalue weighted by atomic mass is 10.1. The maximum Gasteiger partial charge on any atom is 0.0997 e. The van der Waals surface area contributed by atoms with Crippen LogP contribution >= 0.6 is 0 Å². The molecule has 2 heteroatoms. The molecule has 0 aromatic heterocycles. The lowest BCUT2D eigenvalue weighted by Crippen LogP contribution is -2.35. The van der Waals surface area contributed by atoms with Gasteiger partial charge in [0.1, 0.15) is 0 Å². The fraction of sp³-hybridized carbons (Fsp3) is 0.900. The smallest absolute Gasteiger partial charge is 0.0997 e. The highest BCUT2D eigenvalue weighted by molar-refractivity contribution is 5.00. The van der Waals surface area contributed by atoms with Crippen molar-refractivity contribution in [2.24, 2.45) is 0 Å². The van der Waals surface area contributed by atoms with Gasteiger partial charge in [-0.05, 0) is 46.6 Å². The largest absolute Gasteiger partial charge is 0.359 e. The summed E-state index contributed by atoms with van der Waals surface area (Å²) in [6, 6.07) is 0. The number of unbranched alkanes of at least 4 members (excludes halogenated alkanes) is 8. The van der Waals surface area contributed by atoms with Crippen molar-refractivity contribution < 1.29 is 0 Å². The van der Waals surface area contributed by atoms with Crippen molar-refractivity contribution >= 4 is 0 Å². The molecule has 0 fully saturated rings. The van der Waals surface area contributed by atoms with E-state index < -0.39 is 0 Å². The molecule has 0 aliphatic carbocycles. The third kappa shape index (κ3) is 9.38. The first-order chi connectivity index (χ1) is 10.7. The molecule has 0 unspecified atom stereocenters. The molecule has 0 radical (unpaired) electrons. The molecule has 0 amide bonds. The molecule has 2 nitrogen and oxygen atoms in total. The van der Waals surface area contributed by atoms with Crippen molar-refractivity contribution in [2.45, 2.75) is 92.4 Å². The normalized spacial score (nSPS) is 10.6. The van der Waals surface area contributed by atoms with Crippen LogP contribution < -0.4 is 0 Å². The van der Waals surface area contributed by atoms with E-state index in [4.69, 9.17) is 0 Å². The molecule has 0 saturated heterocycles. The fourth-order valence-corrected chi connectivity index (χ4v) is 3.06. The fourth-order valence-electron chi connectivity index (χ4n) is 3.06. The van der Waals surface area contributed by atoms with E-state index >= 15 is 0 Å². The van der Waals surface area contributed by atoms with Gasteiger partial charge in [-0.2, -0.15) is 0 Å². The Labute approximate surface area is 141 Å². The van der Waals surface area contributed by atoms with E-state index in [0.29, 0.717) is 0 Å². The van der Waals surface area contributed by atoms with Crippen LogP contribution in [0.4, 0.5) is 0 Å². The summed E-state index contributed by atoms with van der Waals surface area (Å²) in [4.78, 5) is 5.00. The molecule has 0 bridgehead atoms. The summed E-state index contributed by atoms with van der Waals surface area (Å²) >= 11 is 0. The standard InChI is InChI=1S/C20H42N2/c1-6-11-12-13-14-15-16-17-18-19-20(21(7-2)8-3)22(9-4)10-5/h19H,6-18H2,1-5H3. The summed E-state index contributed by atoms with van der Waals surface area (Å²) in [5.74, 6) is 1.46. The van der Waals surface area contributed by atoms with Crippen molar-refractivity contribution in [3.63, 3.8) is 0 Å². The van der Waals surface area contributed by atoms with Gasteiger partial charge >= 0.3 is 0 Å². The predicted octanol–water partition coefficient (Wildman–Crippen LogP) is 6.04. The molecule has 0 spiro atoms. The van der Waals surface area contributed by atoms with Crippen LogP contribution in [0.25, 0.3) is 0 Å². The van der Waals surface area contributed by atoms with Crippen LogP contribution in [0.15, 0.2) is 11.9 Å². The molecule has 0 rings (SSSR count). The second-order valence-electron chi connectivity index (χ2n) is 6.17. The molecule has 22 heavy (non-hydrogen) atoms. The Bertz CT molecular complexity index is 238. The van der Waals surface area contributed by atoms with E-state index in [-0.39, 0.29) is 0 Å². The molecular weight excluding hydrogens is 268 g/mol. The van der Waals surface area contributed by atoms with Gasteiger partial charge in [0.15, 0.2) is 0 Å². The van der Waals surface area contributed by atoms with Gasteiger partial charge < -0.3 is 9.80 Å². The molecule has 0 aromatic rings. The van der Waals surface area contributed by atoms with Gasteiger partial charge in [0.2, 0.25) is 0 Å².